The van der Waals surface area contributed by atoms with Gasteiger partial charge in [0.2, 0.25) is 0 Å². The molecule has 1 fully saturated rings. The number of carbonyl (C=O) groups is 1. The molecule has 0 spiro atoms. The standard InChI is InChI=1S/C10H20N2O2.C4H9I/c1-10(2,3)14-9(13)12-8-4-6-11-7-5-8;1-3-4(2)5/h8,11H,4-7H2,1-3H3,(H,12,13);4H,3H2,1-2H3. The highest BCUT2D eigenvalue weighted by Gasteiger charge is 2.20. The van der Waals surface area contributed by atoms with Crippen molar-refractivity contribution in [1.82, 2.24) is 10.6 Å². The molecule has 0 aromatic carbocycles. The first-order valence-corrected chi connectivity index (χ1v) is 8.33. The molecule has 0 saturated carbocycles. The topological polar surface area (TPSA) is 50.4 Å². The number of hydrogen-bond donors (Lipinski definition) is 2. The maximum Gasteiger partial charge on any atom is 0.407 e. The molecule has 0 aromatic heterocycles. The van der Waals surface area contributed by atoms with Crippen molar-refractivity contribution in [3.05, 3.63) is 0 Å². The first kappa shape index (κ1) is 19.0. The Morgan fingerprint density at radius 1 is 1.42 bits per heavy atom. The fourth-order valence-electron chi connectivity index (χ4n) is 1.44. The van der Waals surface area contributed by atoms with Gasteiger partial charge in [0.25, 0.3) is 0 Å². The lowest BCUT2D eigenvalue weighted by atomic mass is 10.1. The normalized spacial score (nSPS) is 18.0. The molecular weight excluding hydrogens is 355 g/mol. The summed E-state index contributed by atoms with van der Waals surface area (Å²) >= 11 is 2.41. The van der Waals surface area contributed by atoms with Crippen molar-refractivity contribution >= 4 is 28.7 Å². The highest BCUT2D eigenvalue weighted by molar-refractivity contribution is 14.1. The van der Waals surface area contributed by atoms with Gasteiger partial charge in [-0.3, -0.25) is 0 Å². The van der Waals surface area contributed by atoms with E-state index < -0.39 is 5.60 Å². The summed E-state index contributed by atoms with van der Waals surface area (Å²) in [6.07, 6.45) is 2.96. The lowest BCUT2D eigenvalue weighted by Gasteiger charge is -2.26. The molecule has 0 aromatic rings. The van der Waals surface area contributed by atoms with Crippen LogP contribution in [-0.2, 0) is 4.74 Å². The van der Waals surface area contributed by atoms with Crippen LogP contribution in [0, 0.1) is 0 Å². The molecule has 1 atom stereocenters. The maximum absolute atomic E-state index is 11.4. The van der Waals surface area contributed by atoms with E-state index in [0.29, 0.717) is 0 Å². The van der Waals surface area contributed by atoms with Crippen LogP contribution < -0.4 is 10.6 Å². The predicted molar refractivity (Wildman–Crippen MR) is 89.0 cm³/mol. The minimum atomic E-state index is -0.406. The molecule has 1 unspecified atom stereocenters. The Morgan fingerprint density at radius 2 is 1.89 bits per heavy atom. The summed E-state index contributed by atoms with van der Waals surface area (Å²) in [6.45, 7) is 12.0. The Balaban J connectivity index is 0.000000555. The highest BCUT2D eigenvalue weighted by Crippen LogP contribution is 2.08. The molecule has 1 saturated heterocycles. The van der Waals surface area contributed by atoms with Gasteiger partial charge in [-0.05, 0) is 53.1 Å². The zero-order valence-corrected chi connectivity index (χ0v) is 15.0. The van der Waals surface area contributed by atoms with Gasteiger partial charge >= 0.3 is 6.09 Å². The molecule has 4 nitrogen and oxygen atoms in total. The van der Waals surface area contributed by atoms with Crippen molar-refractivity contribution in [3.8, 4) is 0 Å². The molecule has 0 aliphatic carbocycles. The van der Waals surface area contributed by atoms with Crippen LogP contribution in [0.5, 0.6) is 0 Å². The second kappa shape index (κ2) is 9.80. The van der Waals surface area contributed by atoms with E-state index in [4.69, 9.17) is 4.74 Å². The number of carbonyl (C=O) groups excluding carboxylic acids is 1. The van der Waals surface area contributed by atoms with Crippen LogP contribution in [-0.4, -0.2) is 34.8 Å². The lowest BCUT2D eigenvalue weighted by molar-refractivity contribution is 0.0495. The predicted octanol–water partition coefficient (Wildman–Crippen LogP) is 3.48. The minimum Gasteiger partial charge on any atom is -0.444 e. The van der Waals surface area contributed by atoms with Gasteiger partial charge in [-0.25, -0.2) is 4.79 Å². The fraction of sp³-hybridized carbons (Fsp3) is 0.929. The number of piperidine rings is 1. The maximum atomic E-state index is 11.4. The Morgan fingerprint density at radius 3 is 2.26 bits per heavy atom. The van der Waals surface area contributed by atoms with E-state index in [1.165, 1.54) is 6.42 Å². The SMILES string of the molecule is CC(C)(C)OC(=O)NC1CCNCC1.CCC(C)I. The number of ether oxygens (including phenoxy) is 1. The first-order chi connectivity index (χ1) is 8.74. The van der Waals surface area contributed by atoms with Gasteiger partial charge in [0.05, 0.1) is 0 Å². The molecule has 1 heterocycles. The largest absolute Gasteiger partial charge is 0.444 e. The number of amides is 1. The zero-order chi connectivity index (χ0) is 14.9. The molecule has 1 aliphatic rings. The number of rotatable bonds is 2. The van der Waals surface area contributed by atoms with Gasteiger partial charge in [0, 0.05) is 9.97 Å². The second-order valence-electron chi connectivity index (χ2n) is 5.86. The number of nitrogens with one attached hydrogen (secondary N) is 2. The Hall–Kier alpha value is -0.0400. The average molecular weight is 384 g/mol. The summed E-state index contributed by atoms with van der Waals surface area (Å²) in [4.78, 5) is 11.4. The van der Waals surface area contributed by atoms with Crippen LogP contribution in [0.25, 0.3) is 0 Å². The van der Waals surface area contributed by atoms with Crippen LogP contribution in [0.3, 0.4) is 0 Å². The van der Waals surface area contributed by atoms with Gasteiger partial charge in [0.1, 0.15) is 5.60 Å². The zero-order valence-electron chi connectivity index (χ0n) is 12.9. The summed E-state index contributed by atoms with van der Waals surface area (Å²) in [5.41, 5.74) is -0.406. The molecule has 1 amide bonds. The Bertz CT molecular complexity index is 246. The summed E-state index contributed by atoms with van der Waals surface area (Å²) in [7, 11) is 0. The fourth-order valence-corrected chi connectivity index (χ4v) is 1.44. The van der Waals surface area contributed by atoms with Crippen LogP contribution >= 0.6 is 22.6 Å². The van der Waals surface area contributed by atoms with Crippen LogP contribution in [0.2, 0.25) is 0 Å². The van der Waals surface area contributed by atoms with Crippen molar-refractivity contribution < 1.29 is 9.53 Å². The monoisotopic (exact) mass is 384 g/mol. The molecule has 1 aliphatic heterocycles. The molecule has 5 heteroatoms. The van der Waals surface area contributed by atoms with Crippen molar-refractivity contribution in [1.29, 1.82) is 0 Å². The van der Waals surface area contributed by atoms with Crippen LogP contribution in [0.4, 0.5) is 4.79 Å². The molecule has 0 bridgehead atoms. The minimum absolute atomic E-state index is 0.270. The first-order valence-electron chi connectivity index (χ1n) is 7.09. The van der Waals surface area contributed by atoms with Crippen molar-refractivity contribution in [2.75, 3.05) is 13.1 Å². The van der Waals surface area contributed by atoms with Crippen molar-refractivity contribution in [2.45, 2.75) is 69.4 Å². The molecule has 19 heavy (non-hydrogen) atoms. The van der Waals surface area contributed by atoms with Crippen molar-refractivity contribution in [3.63, 3.8) is 0 Å². The van der Waals surface area contributed by atoms with E-state index in [1.807, 2.05) is 20.8 Å². The number of alkyl carbamates (subject to hydrolysis) is 1. The summed E-state index contributed by atoms with van der Waals surface area (Å²) < 4.78 is 6.02. The third kappa shape index (κ3) is 12.7. The number of alkyl halides is 1. The summed E-state index contributed by atoms with van der Waals surface area (Å²) in [6, 6.07) is 0.270. The quantitative estimate of drug-likeness (QED) is 0.566. The number of hydrogen-bond acceptors (Lipinski definition) is 3. The Kier molecular flexibility index (Phi) is 9.78. The van der Waals surface area contributed by atoms with E-state index in [1.54, 1.807) is 0 Å². The van der Waals surface area contributed by atoms with Gasteiger partial charge in [0.15, 0.2) is 0 Å². The summed E-state index contributed by atoms with van der Waals surface area (Å²) in [5.74, 6) is 0. The molecule has 2 N–H and O–H groups in total. The van der Waals surface area contributed by atoms with Gasteiger partial charge < -0.3 is 15.4 Å². The van der Waals surface area contributed by atoms with E-state index in [-0.39, 0.29) is 12.1 Å². The third-order valence-corrected chi connectivity index (χ3v) is 3.50. The van der Waals surface area contributed by atoms with Gasteiger partial charge in [-0.1, -0.05) is 36.4 Å². The smallest absolute Gasteiger partial charge is 0.407 e. The third-order valence-electron chi connectivity index (χ3n) is 2.62. The second-order valence-corrected chi connectivity index (χ2v) is 7.99. The van der Waals surface area contributed by atoms with E-state index in [9.17, 15) is 4.79 Å². The lowest BCUT2D eigenvalue weighted by Crippen LogP contribution is -2.44. The number of halogens is 1. The molecule has 114 valence electrons. The summed E-state index contributed by atoms with van der Waals surface area (Å²) in [5, 5.41) is 6.12. The van der Waals surface area contributed by atoms with Gasteiger partial charge in [-0.15, -0.1) is 0 Å². The van der Waals surface area contributed by atoms with Crippen LogP contribution in [0.15, 0.2) is 0 Å². The molecule has 1 rings (SSSR count). The van der Waals surface area contributed by atoms with E-state index in [2.05, 4.69) is 47.1 Å². The van der Waals surface area contributed by atoms with Crippen LogP contribution in [0.1, 0.15) is 53.9 Å². The average Bonchev–Trinajstić information content (AvgIpc) is 2.28. The Labute approximate surface area is 131 Å². The molecule has 0 radical (unpaired) electrons. The van der Waals surface area contributed by atoms with Crippen molar-refractivity contribution in [2.24, 2.45) is 0 Å². The molecular formula is C14H29IN2O2. The highest BCUT2D eigenvalue weighted by atomic mass is 127. The van der Waals surface area contributed by atoms with E-state index >= 15 is 0 Å². The van der Waals surface area contributed by atoms with Gasteiger partial charge in [-0.2, -0.15) is 0 Å². The van der Waals surface area contributed by atoms with E-state index in [0.717, 1.165) is 29.9 Å².